The van der Waals surface area contributed by atoms with Crippen molar-refractivity contribution >= 4 is 28.9 Å². The number of thioether (sulfide) groups is 1. The van der Waals surface area contributed by atoms with E-state index >= 15 is 0 Å². The van der Waals surface area contributed by atoms with Gasteiger partial charge in [-0.2, -0.15) is 0 Å². The zero-order valence-electron chi connectivity index (χ0n) is 36.9. The molecule has 1 heterocycles. The molecule has 1 rings (SSSR count). The number of hydrogen-bond acceptors (Lipinski definition) is 7. The molecule has 1 aliphatic heterocycles. The van der Waals surface area contributed by atoms with E-state index in [1.54, 1.807) is 0 Å². The fraction of sp³-hybridized carbons (Fsp3) is 0.936. The van der Waals surface area contributed by atoms with Crippen LogP contribution in [0.15, 0.2) is 0 Å². The van der Waals surface area contributed by atoms with E-state index in [-0.39, 0.29) is 29.4 Å². The lowest BCUT2D eigenvalue weighted by molar-refractivity contribution is -0.150. The van der Waals surface area contributed by atoms with Gasteiger partial charge in [0.15, 0.2) is 0 Å². The van der Waals surface area contributed by atoms with Crippen molar-refractivity contribution in [3.05, 3.63) is 0 Å². The lowest BCUT2D eigenvalue weighted by atomic mass is 10.0. The van der Waals surface area contributed by atoms with Crippen molar-refractivity contribution in [3.63, 3.8) is 0 Å². The summed E-state index contributed by atoms with van der Waals surface area (Å²) in [5.41, 5.74) is 0. The van der Waals surface area contributed by atoms with Crippen LogP contribution >= 0.6 is 11.8 Å². The third-order valence-corrected chi connectivity index (χ3v) is 12.3. The minimum Gasteiger partial charge on any atom is -0.462 e. The Kier molecular flexibility index (Phi) is 36.0. The first-order valence-corrected chi connectivity index (χ1v) is 24.9. The molecule has 324 valence electrons. The van der Waals surface area contributed by atoms with Gasteiger partial charge in [-0.25, -0.2) is 0 Å². The summed E-state index contributed by atoms with van der Waals surface area (Å²) in [6.07, 6.45) is 34.9. The molecule has 0 bridgehead atoms. The van der Waals surface area contributed by atoms with Gasteiger partial charge in [-0.15, -0.1) is 0 Å². The Bertz CT molecular complexity index is 819. The SMILES string of the molecule is CCCCCCCC(CCCCCCC)OC(=O)CCCN(CCCC(=O)OC(CCCCCCC)CCCCCCC)C(=O)SCCCN1CCCCC1. The zero-order valence-corrected chi connectivity index (χ0v) is 37.7. The van der Waals surface area contributed by atoms with Crippen LogP contribution in [0, 0.1) is 0 Å². The molecular weight excluding hydrogens is 705 g/mol. The van der Waals surface area contributed by atoms with E-state index in [2.05, 4.69) is 32.6 Å². The number of carbonyl (C=O) groups is 3. The van der Waals surface area contributed by atoms with Gasteiger partial charge >= 0.3 is 11.9 Å². The van der Waals surface area contributed by atoms with Crippen molar-refractivity contribution in [2.24, 2.45) is 0 Å². The maximum atomic E-state index is 13.5. The van der Waals surface area contributed by atoms with Gasteiger partial charge in [-0.05, 0) is 103 Å². The van der Waals surface area contributed by atoms with Gasteiger partial charge in [0.25, 0.3) is 5.24 Å². The molecule has 0 aliphatic carbocycles. The van der Waals surface area contributed by atoms with Gasteiger partial charge in [0.05, 0.1) is 0 Å². The Labute approximate surface area is 345 Å². The van der Waals surface area contributed by atoms with Crippen molar-refractivity contribution in [3.8, 4) is 0 Å². The molecular formula is C47H90N2O5S. The largest absolute Gasteiger partial charge is 0.462 e. The number of esters is 2. The number of rotatable bonds is 38. The molecule has 0 unspecified atom stereocenters. The first kappa shape index (κ1) is 51.7. The van der Waals surface area contributed by atoms with E-state index in [1.807, 2.05) is 4.90 Å². The Hall–Kier alpha value is -1.28. The monoisotopic (exact) mass is 795 g/mol. The molecule has 0 saturated carbocycles. The second-order valence-corrected chi connectivity index (χ2v) is 17.6. The quantitative estimate of drug-likeness (QED) is 0.0455. The van der Waals surface area contributed by atoms with E-state index in [4.69, 9.17) is 9.47 Å². The highest BCUT2D eigenvalue weighted by Crippen LogP contribution is 2.20. The standard InChI is InChI=1S/C47H90N2O5S/c1-5-9-13-17-22-31-43(32-23-18-14-10-6-2)53-45(50)35-28-40-49(47(52)55-42-30-39-48-37-26-21-27-38-48)41-29-36-46(51)54-44(33-24-19-15-11-7-3)34-25-20-16-12-8-4/h43-44H,5-42H2,1-4H3. The molecule has 0 N–H and O–H groups in total. The van der Waals surface area contributed by atoms with E-state index in [1.165, 1.54) is 147 Å². The summed E-state index contributed by atoms with van der Waals surface area (Å²) >= 11 is 1.40. The van der Waals surface area contributed by atoms with Crippen LogP contribution in [0.3, 0.4) is 0 Å². The van der Waals surface area contributed by atoms with E-state index in [9.17, 15) is 14.4 Å². The highest BCUT2D eigenvalue weighted by molar-refractivity contribution is 8.13. The summed E-state index contributed by atoms with van der Waals surface area (Å²) in [6, 6.07) is 0. The summed E-state index contributed by atoms with van der Waals surface area (Å²) in [6.45, 7) is 13.4. The number of amides is 1. The first-order valence-electron chi connectivity index (χ1n) is 24.0. The normalized spacial score (nSPS) is 13.5. The summed E-state index contributed by atoms with van der Waals surface area (Å²) in [7, 11) is 0. The smallest absolute Gasteiger partial charge is 0.306 e. The highest BCUT2D eigenvalue weighted by atomic mass is 32.2. The van der Waals surface area contributed by atoms with Gasteiger partial charge in [0.2, 0.25) is 0 Å². The Morgan fingerprint density at radius 2 is 0.891 bits per heavy atom. The number of piperidine rings is 1. The third kappa shape index (κ3) is 31.4. The van der Waals surface area contributed by atoms with Gasteiger partial charge in [-0.3, -0.25) is 14.4 Å². The van der Waals surface area contributed by atoms with Crippen LogP contribution in [0.25, 0.3) is 0 Å². The molecule has 1 fully saturated rings. The number of likely N-dealkylation sites (tertiary alicyclic amines) is 1. The molecule has 0 spiro atoms. The fourth-order valence-corrected chi connectivity index (χ4v) is 8.57. The Balaban J connectivity index is 2.70. The second-order valence-electron chi connectivity index (χ2n) is 16.6. The minimum absolute atomic E-state index is 0.00599. The van der Waals surface area contributed by atoms with Crippen LogP contribution in [0.5, 0.6) is 0 Å². The van der Waals surface area contributed by atoms with E-state index in [0.717, 1.165) is 70.1 Å². The molecule has 0 aromatic heterocycles. The maximum Gasteiger partial charge on any atom is 0.306 e. The molecule has 1 amide bonds. The lowest BCUT2D eigenvalue weighted by Gasteiger charge is -2.26. The molecule has 8 heteroatoms. The number of unbranched alkanes of at least 4 members (excludes halogenated alkanes) is 16. The van der Waals surface area contributed by atoms with Crippen molar-refractivity contribution in [2.45, 2.75) is 245 Å². The van der Waals surface area contributed by atoms with Crippen molar-refractivity contribution < 1.29 is 23.9 Å². The third-order valence-electron chi connectivity index (χ3n) is 11.3. The van der Waals surface area contributed by atoms with Gasteiger partial charge in [0, 0.05) is 31.7 Å². The fourth-order valence-electron chi connectivity index (χ4n) is 7.76. The first-order chi connectivity index (χ1) is 26.9. The molecule has 0 radical (unpaired) electrons. The summed E-state index contributed by atoms with van der Waals surface area (Å²) in [5, 5.41) is 0.0643. The second kappa shape index (κ2) is 38.2. The van der Waals surface area contributed by atoms with Crippen LogP contribution in [0.1, 0.15) is 233 Å². The Morgan fingerprint density at radius 3 is 1.27 bits per heavy atom. The topological polar surface area (TPSA) is 76.1 Å². The van der Waals surface area contributed by atoms with E-state index < -0.39 is 0 Å². The minimum atomic E-state index is -0.132. The average Bonchev–Trinajstić information content (AvgIpc) is 3.18. The van der Waals surface area contributed by atoms with Crippen molar-refractivity contribution in [2.75, 3.05) is 38.5 Å². The summed E-state index contributed by atoms with van der Waals surface area (Å²) in [4.78, 5) is 44.1. The summed E-state index contributed by atoms with van der Waals surface area (Å²) < 4.78 is 12.1. The molecule has 0 aromatic rings. The lowest BCUT2D eigenvalue weighted by Crippen LogP contribution is -2.32. The zero-order chi connectivity index (χ0) is 40.0. The molecule has 0 aromatic carbocycles. The number of nitrogens with zero attached hydrogens (tertiary/aromatic N) is 2. The Morgan fingerprint density at radius 1 is 0.509 bits per heavy atom. The average molecular weight is 795 g/mol. The van der Waals surface area contributed by atoms with Gasteiger partial charge in [-0.1, -0.05) is 149 Å². The highest BCUT2D eigenvalue weighted by Gasteiger charge is 2.20. The van der Waals surface area contributed by atoms with Crippen molar-refractivity contribution in [1.82, 2.24) is 9.80 Å². The van der Waals surface area contributed by atoms with Gasteiger partial charge in [0.1, 0.15) is 12.2 Å². The summed E-state index contributed by atoms with van der Waals surface area (Å²) in [5.74, 6) is 0.534. The number of hydrogen-bond donors (Lipinski definition) is 0. The molecule has 7 nitrogen and oxygen atoms in total. The number of carbonyl (C=O) groups excluding carboxylic acids is 3. The van der Waals surface area contributed by atoms with Crippen LogP contribution in [0.4, 0.5) is 4.79 Å². The van der Waals surface area contributed by atoms with Crippen LogP contribution in [0.2, 0.25) is 0 Å². The van der Waals surface area contributed by atoms with E-state index in [0.29, 0.717) is 38.8 Å². The van der Waals surface area contributed by atoms with Crippen LogP contribution in [-0.2, 0) is 19.1 Å². The van der Waals surface area contributed by atoms with Crippen LogP contribution < -0.4 is 0 Å². The molecule has 1 saturated heterocycles. The van der Waals surface area contributed by atoms with Crippen LogP contribution in [-0.4, -0.2) is 77.7 Å². The number of ether oxygens (including phenoxy) is 2. The van der Waals surface area contributed by atoms with Gasteiger partial charge < -0.3 is 19.3 Å². The molecule has 0 atom stereocenters. The molecule has 1 aliphatic rings. The predicted molar refractivity (Wildman–Crippen MR) is 236 cm³/mol. The molecule has 55 heavy (non-hydrogen) atoms. The predicted octanol–water partition coefficient (Wildman–Crippen LogP) is 13.8. The maximum absolute atomic E-state index is 13.5. The van der Waals surface area contributed by atoms with Crippen molar-refractivity contribution in [1.29, 1.82) is 0 Å².